The summed E-state index contributed by atoms with van der Waals surface area (Å²) in [4.78, 5) is 29.5. The van der Waals surface area contributed by atoms with E-state index in [1.807, 2.05) is 37.5 Å². The average Bonchev–Trinajstić information content (AvgIpc) is 3.16. The summed E-state index contributed by atoms with van der Waals surface area (Å²) in [7, 11) is 0. The van der Waals surface area contributed by atoms with Crippen LogP contribution in [0.15, 0.2) is 34.7 Å². The summed E-state index contributed by atoms with van der Waals surface area (Å²) in [5, 5.41) is 3.83. The number of hydrogen-bond donors (Lipinski definition) is 1. The molecular formula is C26H30ClN3O3. The third-order valence-electron chi connectivity index (χ3n) is 7.19. The Balaban J connectivity index is 1.62. The number of aryl methyl sites for hydroxylation is 2. The summed E-state index contributed by atoms with van der Waals surface area (Å²) >= 11 is 6.34. The molecule has 2 aliphatic rings. The molecule has 1 atom stereocenters. The summed E-state index contributed by atoms with van der Waals surface area (Å²) in [5.41, 5.74) is 2.44. The van der Waals surface area contributed by atoms with E-state index in [1.54, 1.807) is 23.1 Å². The van der Waals surface area contributed by atoms with Gasteiger partial charge in [0.05, 0.1) is 12.1 Å². The number of hydrogen-bond acceptors (Lipinski definition) is 3. The molecule has 0 radical (unpaired) electrons. The molecule has 1 unspecified atom stereocenters. The van der Waals surface area contributed by atoms with E-state index in [2.05, 4.69) is 5.32 Å². The molecule has 33 heavy (non-hydrogen) atoms. The highest BCUT2D eigenvalue weighted by Crippen LogP contribution is 2.39. The maximum absolute atomic E-state index is 13.9. The van der Waals surface area contributed by atoms with Crippen LogP contribution >= 0.6 is 11.6 Å². The molecule has 6 nitrogen and oxygen atoms in total. The predicted molar refractivity (Wildman–Crippen MR) is 130 cm³/mol. The van der Waals surface area contributed by atoms with Crippen molar-refractivity contribution in [2.75, 3.05) is 4.90 Å². The van der Waals surface area contributed by atoms with Crippen LogP contribution in [-0.2, 0) is 11.3 Å². The Morgan fingerprint density at radius 2 is 1.85 bits per heavy atom. The third-order valence-corrected chi connectivity index (χ3v) is 7.42. The molecule has 0 spiro atoms. The van der Waals surface area contributed by atoms with Gasteiger partial charge in [-0.05, 0) is 51.3 Å². The third kappa shape index (κ3) is 3.74. The SMILES string of the molecule is Cc1cc2c(cc3n2CC(C)(C(=O)NC2CCCCCC2)N(c2cc(Cl)ccc2C)C3=O)o1. The molecule has 174 valence electrons. The molecule has 2 aromatic heterocycles. The Labute approximate surface area is 198 Å². The van der Waals surface area contributed by atoms with Gasteiger partial charge in [-0.3, -0.25) is 14.5 Å². The number of anilines is 1. The first kappa shape index (κ1) is 22.1. The van der Waals surface area contributed by atoms with E-state index in [9.17, 15) is 9.59 Å². The van der Waals surface area contributed by atoms with Crippen LogP contribution < -0.4 is 10.2 Å². The molecule has 5 rings (SSSR count). The lowest BCUT2D eigenvalue weighted by Crippen LogP contribution is -2.65. The number of benzene rings is 1. The molecule has 0 bridgehead atoms. The topological polar surface area (TPSA) is 67.5 Å². The van der Waals surface area contributed by atoms with Crippen molar-refractivity contribution in [1.82, 2.24) is 9.88 Å². The van der Waals surface area contributed by atoms with Crippen LogP contribution in [0.2, 0.25) is 5.02 Å². The summed E-state index contributed by atoms with van der Waals surface area (Å²) in [6.45, 7) is 6.02. The number of nitrogens with zero attached hydrogens (tertiary/aromatic N) is 2. The van der Waals surface area contributed by atoms with Crippen molar-refractivity contribution < 1.29 is 14.0 Å². The van der Waals surface area contributed by atoms with Gasteiger partial charge in [0.15, 0.2) is 5.58 Å². The van der Waals surface area contributed by atoms with Crippen molar-refractivity contribution in [3.05, 3.63) is 52.4 Å². The first-order chi connectivity index (χ1) is 15.8. The number of nitrogens with one attached hydrogen (secondary N) is 1. The minimum absolute atomic E-state index is 0.130. The van der Waals surface area contributed by atoms with Crippen molar-refractivity contribution in [2.45, 2.75) is 77.4 Å². The lowest BCUT2D eigenvalue weighted by atomic mass is 9.92. The fourth-order valence-corrected chi connectivity index (χ4v) is 5.53. The zero-order valence-corrected chi connectivity index (χ0v) is 20.2. The molecule has 1 fully saturated rings. The summed E-state index contributed by atoms with van der Waals surface area (Å²) < 4.78 is 7.73. The predicted octanol–water partition coefficient (Wildman–Crippen LogP) is 5.76. The van der Waals surface area contributed by atoms with Gasteiger partial charge < -0.3 is 14.3 Å². The highest BCUT2D eigenvalue weighted by Gasteiger charge is 2.49. The van der Waals surface area contributed by atoms with E-state index < -0.39 is 5.54 Å². The minimum atomic E-state index is -1.12. The van der Waals surface area contributed by atoms with E-state index >= 15 is 0 Å². The number of furan rings is 1. The fraction of sp³-hybridized carbons (Fsp3) is 0.462. The maximum atomic E-state index is 13.9. The van der Waals surface area contributed by atoms with Crippen molar-refractivity contribution in [1.29, 1.82) is 0 Å². The van der Waals surface area contributed by atoms with E-state index in [-0.39, 0.29) is 17.9 Å². The molecule has 3 aromatic rings. The Kier molecular flexibility index (Phi) is 5.52. The highest BCUT2D eigenvalue weighted by atomic mass is 35.5. The van der Waals surface area contributed by atoms with Gasteiger partial charge in [0.2, 0.25) is 5.91 Å². The van der Waals surface area contributed by atoms with E-state index in [1.165, 1.54) is 12.8 Å². The minimum Gasteiger partial charge on any atom is -0.460 e. The second-order valence-electron chi connectivity index (χ2n) is 9.73. The second kappa shape index (κ2) is 8.24. The van der Waals surface area contributed by atoms with Crippen molar-refractivity contribution in [3.63, 3.8) is 0 Å². The smallest absolute Gasteiger partial charge is 0.276 e. The summed E-state index contributed by atoms with van der Waals surface area (Å²) in [6.07, 6.45) is 6.61. The number of carbonyl (C=O) groups excluding carboxylic acids is 2. The van der Waals surface area contributed by atoms with E-state index in [4.69, 9.17) is 16.0 Å². The molecule has 7 heteroatoms. The molecule has 2 amide bonds. The molecular weight excluding hydrogens is 438 g/mol. The van der Waals surface area contributed by atoms with Gasteiger partial charge in [-0.15, -0.1) is 0 Å². The number of rotatable bonds is 3. The van der Waals surface area contributed by atoms with Crippen LogP contribution in [0.1, 0.15) is 67.3 Å². The fourth-order valence-electron chi connectivity index (χ4n) is 5.37. The van der Waals surface area contributed by atoms with Crippen molar-refractivity contribution in [3.8, 4) is 0 Å². The van der Waals surface area contributed by atoms with Crippen LogP contribution in [-0.4, -0.2) is 28.0 Å². The number of amides is 2. The van der Waals surface area contributed by atoms with Gasteiger partial charge in [0, 0.05) is 28.9 Å². The second-order valence-corrected chi connectivity index (χ2v) is 10.2. The van der Waals surface area contributed by atoms with Gasteiger partial charge in [0.1, 0.15) is 17.0 Å². The van der Waals surface area contributed by atoms with Gasteiger partial charge in [-0.2, -0.15) is 0 Å². The first-order valence-electron chi connectivity index (χ1n) is 11.8. The number of fused-ring (bicyclic) bond motifs is 3. The maximum Gasteiger partial charge on any atom is 0.276 e. The lowest BCUT2D eigenvalue weighted by molar-refractivity contribution is -0.127. The highest BCUT2D eigenvalue weighted by molar-refractivity contribution is 6.31. The van der Waals surface area contributed by atoms with Crippen LogP contribution in [0, 0.1) is 13.8 Å². The zero-order valence-electron chi connectivity index (χ0n) is 19.4. The lowest BCUT2D eigenvalue weighted by Gasteiger charge is -2.45. The Morgan fingerprint density at radius 3 is 2.58 bits per heavy atom. The number of carbonyl (C=O) groups is 2. The van der Waals surface area contributed by atoms with Crippen molar-refractivity contribution >= 4 is 40.2 Å². The Hall–Kier alpha value is -2.73. The summed E-state index contributed by atoms with van der Waals surface area (Å²) in [6, 6.07) is 9.31. The van der Waals surface area contributed by atoms with Crippen LogP contribution in [0.3, 0.4) is 0 Å². The van der Waals surface area contributed by atoms with Crippen LogP contribution in [0.4, 0.5) is 5.69 Å². The molecule has 1 saturated carbocycles. The van der Waals surface area contributed by atoms with E-state index in [0.29, 0.717) is 28.5 Å². The van der Waals surface area contributed by atoms with Gasteiger partial charge >= 0.3 is 0 Å². The number of halogens is 1. The van der Waals surface area contributed by atoms with Crippen molar-refractivity contribution in [2.24, 2.45) is 0 Å². The first-order valence-corrected chi connectivity index (χ1v) is 12.2. The monoisotopic (exact) mass is 467 g/mol. The largest absolute Gasteiger partial charge is 0.460 e. The Bertz CT molecular complexity index is 1240. The molecule has 1 aliphatic heterocycles. The average molecular weight is 468 g/mol. The zero-order chi connectivity index (χ0) is 23.3. The summed E-state index contributed by atoms with van der Waals surface area (Å²) in [5.74, 6) is 0.421. The van der Waals surface area contributed by atoms with Gasteiger partial charge in [-0.25, -0.2) is 0 Å². The van der Waals surface area contributed by atoms with Gasteiger partial charge in [-0.1, -0.05) is 43.4 Å². The normalized spacial score (nSPS) is 21.8. The van der Waals surface area contributed by atoms with E-state index in [0.717, 1.165) is 42.5 Å². The molecule has 1 aromatic carbocycles. The van der Waals surface area contributed by atoms with Crippen LogP contribution in [0.25, 0.3) is 11.1 Å². The quantitative estimate of drug-likeness (QED) is 0.498. The molecule has 1 N–H and O–H groups in total. The van der Waals surface area contributed by atoms with Gasteiger partial charge in [0.25, 0.3) is 5.91 Å². The molecule has 1 aliphatic carbocycles. The molecule has 3 heterocycles. The van der Waals surface area contributed by atoms with Crippen LogP contribution in [0.5, 0.6) is 0 Å². The Morgan fingerprint density at radius 1 is 1.12 bits per heavy atom. The number of aromatic nitrogens is 1. The standard InChI is InChI=1S/C26H30ClN3O3/c1-16-10-11-18(27)13-20(16)30-24(31)22-14-23-21(12-17(2)33-23)29(22)15-26(30,3)25(32)28-19-8-6-4-5-7-9-19/h10-14,19H,4-9,15H2,1-3H3,(H,28,32). The molecule has 0 saturated heterocycles.